The van der Waals surface area contributed by atoms with E-state index in [0.29, 0.717) is 29.5 Å². The maximum absolute atomic E-state index is 12.4. The van der Waals surface area contributed by atoms with E-state index in [9.17, 15) is 4.79 Å². The number of aliphatic imine (C=N–C) groups is 1. The van der Waals surface area contributed by atoms with Crippen molar-refractivity contribution in [2.45, 2.75) is 37.4 Å². The number of nitrogens with zero attached hydrogens (tertiary/aromatic N) is 4. The number of amidine groups is 1. The predicted octanol–water partition coefficient (Wildman–Crippen LogP) is 4.25. The van der Waals surface area contributed by atoms with Crippen LogP contribution in [0.15, 0.2) is 66.2 Å². The van der Waals surface area contributed by atoms with E-state index in [1.54, 1.807) is 6.08 Å². The molecule has 9 heteroatoms. The number of anilines is 2. The number of benzene rings is 2. The van der Waals surface area contributed by atoms with Crippen molar-refractivity contribution in [3.8, 4) is 11.3 Å². The van der Waals surface area contributed by atoms with E-state index >= 15 is 0 Å². The number of nitrogens with one attached hydrogen (secondary N) is 4. The first-order valence-electron chi connectivity index (χ1n) is 13.8. The monoisotopic (exact) mass is 524 g/mol. The van der Waals surface area contributed by atoms with Gasteiger partial charge in [0.1, 0.15) is 11.5 Å². The molecular weight excluding hydrogens is 488 g/mol. The molecule has 9 nitrogen and oxygen atoms in total. The standard InChI is InChI=1S/C30H36N8O/c1-3-20-5-4-6-23(17-20)32-30(39)31-22-9-7-21(8-10-22)26-19-28(36-35-26)29-33-25-12-11-24(18-27(25)34-29)38-15-13-37(2)14-16-38/h3-10,17,19,24-25,27H,1,11-16,18H2,2H3,(H,33,34)(H,35,36)(H2,31,32,39)/t24?,25?,27-/m0/s1. The van der Waals surface area contributed by atoms with E-state index in [1.165, 1.54) is 19.5 Å². The molecule has 3 aromatic rings. The Bertz CT molecular complexity index is 1360. The van der Waals surface area contributed by atoms with Crippen molar-refractivity contribution in [3.05, 3.63) is 72.4 Å². The Morgan fingerprint density at radius 3 is 2.62 bits per heavy atom. The van der Waals surface area contributed by atoms with Crippen molar-refractivity contribution in [2.24, 2.45) is 4.99 Å². The summed E-state index contributed by atoms with van der Waals surface area (Å²) in [4.78, 5) is 22.5. The molecule has 0 bridgehead atoms. The number of H-pyrrole nitrogens is 1. The molecule has 0 spiro atoms. The third-order valence-corrected chi connectivity index (χ3v) is 8.11. The molecule has 1 saturated carbocycles. The highest BCUT2D eigenvalue weighted by Crippen LogP contribution is 2.30. The van der Waals surface area contributed by atoms with Gasteiger partial charge in [0.05, 0.1) is 17.8 Å². The molecule has 0 radical (unpaired) electrons. The molecule has 1 aliphatic carbocycles. The Kier molecular flexibility index (Phi) is 7.17. The summed E-state index contributed by atoms with van der Waals surface area (Å²) in [6, 6.07) is 18.3. The van der Waals surface area contributed by atoms with Crippen LogP contribution in [0.25, 0.3) is 17.3 Å². The van der Waals surface area contributed by atoms with Crippen molar-refractivity contribution in [3.63, 3.8) is 0 Å². The van der Waals surface area contributed by atoms with Gasteiger partial charge in [-0.3, -0.25) is 15.0 Å². The molecule has 1 saturated heterocycles. The molecular formula is C30H36N8O. The highest BCUT2D eigenvalue weighted by Gasteiger charge is 2.38. The van der Waals surface area contributed by atoms with Crippen LogP contribution in [0.5, 0.6) is 0 Å². The van der Waals surface area contributed by atoms with E-state index in [2.05, 4.69) is 49.6 Å². The summed E-state index contributed by atoms with van der Waals surface area (Å²) in [5.74, 6) is 0.915. The molecule has 3 atom stereocenters. The van der Waals surface area contributed by atoms with Crippen LogP contribution in [-0.2, 0) is 0 Å². The number of aromatic amines is 1. The second-order valence-electron chi connectivity index (χ2n) is 10.8. The number of hydrogen-bond donors (Lipinski definition) is 4. The molecule has 6 rings (SSSR count). The van der Waals surface area contributed by atoms with Crippen molar-refractivity contribution in [1.82, 2.24) is 25.3 Å². The average molecular weight is 525 g/mol. The van der Waals surface area contributed by atoms with Crippen molar-refractivity contribution in [2.75, 3.05) is 43.9 Å². The molecule has 2 amide bonds. The lowest BCUT2D eigenvalue weighted by Crippen LogP contribution is -2.53. The number of likely N-dealkylation sites (N-methyl/N-ethyl adjacent to an activating group) is 1. The Labute approximate surface area is 229 Å². The van der Waals surface area contributed by atoms with Gasteiger partial charge in [-0.25, -0.2) is 4.79 Å². The van der Waals surface area contributed by atoms with Gasteiger partial charge in [-0.15, -0.1) is 0 Å². The molecule has 2 aromatic carbocycles. The largest absolute Gasteiger partial charge is 0.364 e. The molecule has 3 aliphatic rings. The molecule has 1 aromatic heterocycles. The van der Waals surface area contributed by atoms with Gasteiger partial charge in [0.2, 0.25) is 0 Å². The number of rotatable bonds is 6. The number of aromatic nitrogens is 2. The van der Waals surface area contributed by atoms with Crippen LogP contribution in [-0.4, -0.2) is 83.2 Å². The fourth-order valence-corrected chi connectivity index (χ4v) is 5.84. The van der Waals surface area contributed by atoms with Crippen LogP contribution in [0, 0.1) is 0 Å². The number of carbonyl (C=O) groups is 1. The van der Waals surface area contributed by atoms with Crippen LogP contribution in [0.2, 0.25) is 0 Å². The minimum atomic E-state index is -0.298. The first-order chi connectivity index (χ1) is 19.0. The molecule has 2 fully saturated rings. The highest BCUT2D eigenvalue weighted by atomic mass is 16.2. The Balaban J connectivity index is 1.04. The summed E-state index contributed by atoms with van der Waals surface area (Å²) < 4.78 is 0. The molecule has 202 valence electrons. The van der Waals surface area contributed by atoms with E-state index in [1.807, 2.05) is 54.6 Å². The Hall–Kier alpha value is -3.95. The first-order valence-corrected chi connectivity index (χ1v) is 13.8. The number of amides is 2. The fourth-order valence-electron chi connectivity index (χ4n) is 5.84. The minimum Gasteiger partial charge on any atom is -0.364 e. The second kappa shape index (κ2) is 11.0. The van der Waals surface area contributed by atoms with Crippen LogP contribution in [0.1, 0.15) is 30.5 Å². The highest BCUT2D eigenvalue weighted by molar-refractivity contribution is 6.00. The number of urea groups is 1. The van der Waals surface area contributed by atoms with Crippen LogP contribution < -0.4 is 16.0 Å². The Morgan fingerprint density at radius 1 is 1.03 bits per heavy atom. The van der Waals surface area contributed by atoms with Crippen LogP contribution >= 0.6 is 0 Å². The number of fused-ring (bicyclic) bond motifs is 1. The summed E-state index contributed by atoms with van der Waals surface area (Å²) in [6.07, 6.45) is 5.23. The third kappa shape index (κ3) is 5.74. The molecule has 4 N–H and O–H groups in total. The molecule has 39 heavy (non-hydrogen) atoms. The van der Waals surface area contributed by atoms with Crippen molar-refractivity contribution >= 4 is 29.3 Å². The lowest BCUT2D eigenvalue weighted by Gasteiger charge is -2.42. The second-order valence-corrected chi connectivity index (χ2v) is 10.8. The summed E-state index contributed by atoms with van der Waals surface area (Å²) in [6.45, 7) is 8.41. The Morgan fingerprint density at radius 2 is 1.82 bits per heavy atom. The molecule has 3 heterocycles. The van der Waals surface area contributed by atoms with Crippen molar-refractivity contribution in [1.29, 1.82) is 0 Å². The van der Waals surface area contributed by atoms with Gasteiger partial charge in [-0.05, 0) is 62.2 Å². The van der Waals surface area contributed by atoms with Gasteiger partial charge in [-0.1, -0.05) is 36.9 Å². The van der Waals surface area contributed by atoms with Crippen molar-refractivity contribution < 1.29 is 4.79 Å². The smallest absolute Gasteiger partial charge is 0.323 e. The normalized spacial score (nSPS) is 23.4. The van der Waals surface area contributed by atoms with Crippen LogP contribution in [0.3, 0.4) is 0 Å². The number of piperazine rings is 1. The maximum atomic E-state index is 12.4. The summed E-state index contributed by atoms with van der Waals surface area (Å²) in [7, 11) is 2.21. The third-order valence-electron chi connectivity index (χ3n) is 8.11. The SMILES string of the molecule is C=Cc1cccc(NC(=O)Nc2ccc(-c3cc(C4=NC5CCC(N6CCN(C)CC6)C[C@@H]5N4)[nH]n3)cc2)c1. The lowest BCUT2D eigenvalue weighted by molar-refractivity contribution is 0.0828. The summed E-state index contributed by atoms with van der Waals surface area (Å²) in [5.41, 5.74) is 5.09. The van der Waals surface area contributed by atoms with E-state index in [-0.39, 0.29) is 6.03 Å². The van der Waals surface area contributed by atoms with Gasteiger partial charge in [0.15, 0.2) is 0 Å². The van der Waals surface area contributed by atoms with E-state index in [4.69, 9.17) is 4.99 Å². The van der Waals surface area contributed by atoms with Gasteiger partial charge in [-0.2, -0.15) is 5.10 Å². The zero-order chi connectivity index (χ0) is 26.8. The van der Waals surface area contributed by atoms with E-state index < -0.39 is 0 Å². The fraction of sp³-hybridized carbons (Fsp3) is 0.367. The van der Waals surface area contributed by atoms with Gasteiger partial charge in [0, 0.05) is 49.2 Å². The topological polar surface area (TPSA) is 101 Å². The van der Waals surface area contributed by atoms with E-state index in [0.717, 1.165) is 54.3 Å². The van der Waals surface area contributed by atoms with Gasteiger partial charge in [0.25, 0.3) is 0 Å². The quantitative estimate of drug-likeness (QED) is 0.386. The molecule has 2 aliphatic heterocycles. The van der Waals surface area contributed by atoms with Gasteiger partial charge < -0.3 is 20.9 Å². The number of carbonyl (C=O) groups excluding carboxylic acids is 1. The van der Waals surface area contributed by atoms with Gasteiger partial charge >= 0.3 is 6.03 Å². The van der Waals surface area contributed by atoms with Crippen LogP contribution in [0.4, 0.5) is 16.2 Å². The summed E-state index contributed by atoms with van der Waals surface area (Å²) in [5, 5.41) is 17.1. The zero-order valence-corrected chi connectivity index (χ0v) is 22.4. The first kappa shape index (κ1) is 25.3. The minimum absolute atomic E-state index is 0.298. The molecule has 2 unspecified atom stereocenters. The zero-order valence-electron chi connectivity index (χ0n) is 22.4. The summed E-state index contributed by atoms with van der Waals surface area (Å²) >= 11 is 0. The predicted molar refractivity (Wildman–Crippen MR) is 157 cm³/mol. The maximum Gasteiger partial charge on any atom is 0.323 e. The average Bonchev–Trinajstić information content (AvgIpc) is 3.61. The number of hydrogen-bond acceptors (Lipinski definition) is 6. The lowest BCUT2D eigenvalue weighted by atomic mass is 9.86.